The number of carbonyl (C=O) groups is 1. The molecule has 0 radical (unpaired) electrons. The molecule has 4 nitrogen and oxygen atoms in total. The third kappa shape index (κ3) is 3.59. The standard InChI is InChI=1S/C14H15N3O/c1-17-9-7-13(8-10-17)16-14(18)15-11-12-5-3-2-4-6-12/h2-10H,11H2,1H3,(H,15,18)/p+1. The summed E-state index contributed by atoms with van der Waals surface area (Å²) in [7, 11) is 1.93. The molecule has 0 unspecified atom stereocenters. The molecule has 0 aliphatic carbocycles. The van der Waals surface area contributed by atoms with Gasteiger partial charge in [-0.3, -0.25) is 0 Å². The number of urea groups is 1. The number of aryl methyl sites for hydroxylation is 1. The van der Waals surface area contributed by atoms with Crippen LogP contribution in [0.1, 0.15) is 5.56 Å². The second kappa shape index (κ2) is 5.82. The van der Waals surface area contributed by atoms with Crippen LogP contribution in [0.2, 0.25) is 0 Å². The van der Waals surface area contributed by atoms with Gasteiger partial charge in [-0.25, -0.2) is 9.36 Å². The monoisotopic (exact) mass is 242 g/mol. The number of nitrogens with zero attached hydrogens (tertiary/aromatic N) is 1. The SMILES string of the molecule is C[n+]1ccc(NC(=O)NCc2ccccc2)cc1. The maximum atomic E-state index is 11.6. The molecule has 0 spiro atoms. The van der Waals surface area contributed by atoms with Crippen molar-refractivity contribution in [3.63, 3.8) is 0 Å². The van der Waals surface area contributed by atoms with Crippen LogP contribution in [-0.4, -0.2) is 6.03 Å². The molecule has 1 aromatic carbocycles. The van der Waals surface area contributed by atoms with Crippen LogP contribution >= 0.6 is 0 Å². The van der Waals surface area contributed by atoms with Crippen LogP contribution in [0.5, 0.6) is 0 Å². The molecule has 0 bridgehead atoms. The number of amides is 2. The molecule has 2 N–H and O–H groups in total. The molecular weight excluding hydrogens is 226 g/mol. The Morgan fingerprint density at radius 3 is 2.44 bits per heavy atom. The smallest absolute Gasteiger partial charge is 0.319 e. The summed E-state index contributed by atoms with van der Waals surface area (Å²) in [6.45, 7) is 0.521. The van der Waals surface area contributed by atoms with Crippen LogP contribution in [0.4, 0.5) is 10.5 Å². The van der Waals surface area contributed by atoms with Gasteiger partial charge in [0.1, 0.15) is 7.05 Å². The van der Waals surface area contributed by atoms with E-state index in [-0.39, 0.29) is 6.03 Å². The van der Waals surface area contributed by atoms with Gasteiger partial charge in [0, 0.05) is 18.7 Å². The van der Waals surface area contributed by atoms with Crippen LogP contribution in [0, 0.1) is 0 Å². The Hall–Kier alpha value is -2.36. The minimum atomic E-state index is -0.201. The number of benzene rings is 1. The molecular formula is C14H16N3O+. The summed E-state index contributed by atoms with van der Waals surface area (Å²) >= 11 is 0. The van der Waals surface area contributed by atoms with Crippen molar-refractivity contribution in [2.45, 2.75) is 6.54 Å². The highest BCUT2D eigenvalue weighted by molar-refractivity contribution is 5.88. The van der Waals surface area contributed by atoms with Gasteiger partial charge in [-0.15, -0.1) is 0 Å². The second-order valence-corrected chi connectivity index (χ2v) is 4.05. The quantitative estimate of drug-likeness (QED) is 0.792. The van der Waals surface area contributed by atoms with E-state index in [1.54, 1.807) is 0 Å². The summed E-state index contributed by atoms with van der Waals surface area (Å²) in [5, 5.41) is 5.58. The molecule has 1 heterocycles. The third-order valence-corrected chi connectivity index (χ3v) is 2.53. The normalized spacial score (nSPS) is 9.83. The van der Waals surface area contributed by atoms with Crippen molar-refractivity contribution in [2.24, 2.45) is 7.05 Å². The van der Waals surface area contributed by atoms with Gasteiger partial charge in [-0.2, -0.15) is 0 Å². The van der Waals surface area contributed by atoms with E-state index in [9.17, 15) is 4.79 Å². The molecule has 0 saturated heterocycles. The Labute approximate surface area is 106 Å². The van der Waals surface area contributed by atoms with E-state index in [0.717, 1.165) is 11.3 Å². The first-order valence-corrected chi connectivity index (χ1v) is 5.78. The number of aromatic nitrogens is 1. The van der Waals surface area contributed by atoms with Crippen molar-refractivity contribution in [2.75, 3.05) is 5.32 Å². The fraction of sp³-hybridized carbons (Fsp3) is 0.143. The fourth-order valence-corrected chi connectivity index (χ4v) is 1.54. The molecule has 1 aromatic heterocycles. The fourth-order valence-electron chi connectivity index (χ4n) is 1.54. The summed E-state index contributed by atoms with van der Waals surface area (Å²) < 4.78 is 1.91. The number of hydrogen-bond donors (Lipinski definition) is 2. The second-order valence-electron chi connectivity index (χ2n) is 4.05. The number of anilines is 1. The van der Waals surface area contributed by atoms with E-state index >= 15 is 0 Å². The van der Waals surface area contributed by atoms with Crippen LogP contribution < -0.4 is 15.2 Å². The Morgan fingerprint density at radius 1 is 1.11 bits per heavy atom. The number of carbonyl (C=O) groups excluding carboxylic acids is 1. The molecule has 0 saturated carbocycles. The van der Waals surface area contributed by atoms with Crippen LogP contribution in [0.15, 0.2) is 54.9 Å². The average Bonchev–Trinajstić information content (AvgIpc) is 2.40. The largest absolute Gasteiger partial charge is 0.334 e. The zero-order valence-electron chi connectivity index (χ0n) is 10.3. The predicted octanol–water partition coefficient (Wildman–Crippen LogP) is 1.83. The van der Waals surface area contributed by atoms with Crippen molar-refractivity contribution >= 4 is 11.7 Å². The van der Waals surface area contributed by atoms with Gasteiger partial charge in [0.2, 0.25) is 0 Å². The lowest BCUT2D eigenvalue weighted by Crippen LogP contribution is -2.29. The lowest BCUT2D eigenvalue weighted by atomic mass is 10.2. The highest BCUT2D eigenvalue weighted by Crippen LogP contribution is 2.02. The first-order valence-electron chi connectivity index (χ1n) is 5.78. The molecule has 0 fully saturated rings. The summed E-state index contributed by atoms with van der Waals surface area (Å²) in [4.78, 5) is 11.6. The average molecular weight is 242 g/mol. The number of nitrogens with one attached hydrogen (secondary N) is 2. The molecule has 2 aromatic rings. The lowest BCUT2D eigenvalue weighted by Gasteiger charge is -2.06. The van der Waals surface area contributed by atoms with Crippen LogP contribution in [0.25, 0.3) is 0 Å². The summed E-state index contributed by atoms with van der Waals surface area (Å²) in [5.41, 5.74) is 1.85. The summed E-state index contributed by atoms with van der Waals surface area (Å²) in [5.74, 6) is 0. The Kier molecular flexibility index (Phi) is 3.91. The molecule has 0 aliphatic heterocycles. The zero-order chi connectivity index (χ0) is 12.8. The summed E-state index contributed by atoms with van der Waals surface area (Å²) in [6.07, 6.45) is 3.76. The predicted molar refractivity (Wildman–Crippen MR) is 69.9 cm³/mol. The van der Waals surface area contributed by atoms with Crippen molar-refractivity contribution in [3.05, 3.63) is 60.4 Å². The van der Waals surface area contributed by atoms with Gasteiger partial charge in [0.15, 0.2) is 12.4 Å². The topological polar surface area (TPSA) is 45.0 Å². The summed E-state index contributed by atoms with van der Waals surface area (Å²) in [6, 6.07) is 13.3. The van der Waals surface area contributed by atoms with Gasteiger partial charge in [0.05, 0.1) is 5.69 Å². The molecule has 0 atom stereocenters. The molecule has 0 aliphatic rings. The van der Waals surface area contributed by atoms with E-state index < -0.39 is 0 Å². The minimum Gasteiger partial charge on any atom is -0.334 e. The lowest BCUT2D eigenvalue weighted by molar-refractivity contribution is -0.671. The molecule has 4 heteroatoms. The van der Waals surface area contributed by atoms with Gasteiger partial charge < -0.3 is 10.6 Å². The third-order valence-electron chi connectivity index (χ3n) is 2.53. The van der Waals surface area contributed by atoms with Crippen molar-refractivity contribution in [1.82, 2.24) is 5.32 Å². The van der Waals surface area contributed by atoms with Gasteiger partial charge in [-0.05, 0) is 5.56 Å². The van der Waals surface area contributed by atoms with E-state index in [1.165, 1.54) is 0 Å². The minimum absolute atomic E-state index is 0.201. The maximum Gasteiger partial charge on any atom is 0.319 e. The van der Waals surface area contributed by atoms with Crippen molar-refractivity contribution < 1.29 is 9.36 Å². The van der Waals surface area contributed by atoms with Crippen molar-refractivity contribution in [1.29, 1.82) is 0 Å². The molecule has 18 heavy (non-hydrogen) atoms. The number of rotatable bonds is 3. The molecule has 2 amide bonds. The van der Waals surface area contributed by atoms with Crippen LogP contribution in [-0.2, 0) is 13.6 Å². The van der Waals surface area contributed by atoms with Gasteiger partial charge >= 0.3 is 6.03 Å². The number of pyridine rings is 1. The first-order chi connectivity index (χ1) is 8.74. The van der Waals surface area contributed by atoms with Gasteiger partial charge in [-0.1, -0.05) is 30.3 Å². The van der Waals surface area contributed by atoms with E-state index in [0.29, 0.717) is 6.54 Å². The molecule has 92 valence electrons. The zero-order valence-corrected chi connectivity index (χ0v) is 10.3. The van der Waals surface area contributed by atoms with Crippen LogP contribution in [0.3, 0.4) is 0 Å². The Bertz CT molecular complexity index is 508. The van der Waals surface area contributed by atoms with E-state index in [2.05, 4.69) is 10.6 Å². The Morgan fingerprint density at radius 2 is 1.78 bits per heavy atom. The molecule has 2 rings (SSSR count). The first kappa shape index (κ1) is 12.1. The van der Waals surface area contributed by atoms with E-state index in [1.807, 2.05) is 66.5 Å². The highest BCUT2D eigenvalue weighted by atomic mass is 16.2. The number of hydrogen-bond acceptors (Lipinski definition) is 1. The van der Waals surface area contributed by atoms with Crippen molar-refractivity contribution in [3.8, 4) is 0 Å². The Balaban J connectivity index is 1.84. The van der Waals surface area contributed by atoms with Gasteiger partial charge in [0.25, 0.3) is 0 Å². The maximum absolute atomic E-state index is 11.6. The van der Waals surface area contributed by atoms with E-state index in [4.69, 9.17) is 0 Å². The highest BCUT2D eigenvalue weighted by Gasteiger charge is 2.02.